The molecule has 118 valence electrons. The summed E-state index contributed by atoms with van der Waals surface area (Å²) < 4.78 is 0. The lowest BCUT2D eigenvalue weighted by atomic mass is 9.95. The van der Waals surface area contributed by atoms with Gasteiger partial charge in [0.25, 0.3) is 0 Å². The van der Waals surface area contributed by atoms with Gasteiger partial charge in [0, 0.05) is 15.7 Å². The van der Waals surface area contributed by atoms with Gasteiger partial charge in [-0.25, -0.2) is 0 Å². The van der Waals surface area contributed by atoms with Gasteiger partial charge in [0.1, 0.15) is 0 Å². The largest absolute Gasteiger partial charge is 0.325 e. The van der Waals surface area contributed by atoms with Crippen molar-refractivity contribution in [2.45, 2.75) is 25.2 Å². The number of halogens is 2. The van der Waals surface area contributed by atoms with Crippen LogP contribution in [0.1, 0.15) is 36.3 Å². The molecule has 1 amide bonds. The fourth-order valence-corrected chi connectivity index (χ4v) is 3.23. The van der Waals surface area contributed by atoms with Crippen LogP contribution in [0.5, 0.6) is 0 Å². The van der Waals surface area contributed by atoms with Crippen molar-refractivity contribution in [2.24, 2.45) is 0 Å². The van der Waals surface area contributed by atoms with E-state index in [0.717, 1.165) is 41.1 Å². The summed E-state index contributed by atoms with van der Waals surface area (Å²) in [6.45, 7) is 0. The minimum absolute atomic E-state index is 0.0677. The third kappa shape index (κ3) is 3.95. The number of allylic oxidation sites excluding steroid dienone is 1. The van der Waals surface area contributed by atoms with E-state index < -0.39 is 0 Å². The van der Waals surface area contributed by atoms with Gasteiger partial charge >= 0.3 is 0 Å². The molecule has 0 bridgehead atoms. The number of nitrogens with one attached hydrogen (secondary N) is 1. The molecule has 2 aromatic carbocycles. The lowest BCUT2D eigenvalue weighted by Gasteiger charge is -2.07. The van der Waals surface area contributed by atoms with Crippen LogP contribution in [0, 0.1) is 0 Å². The molecule has 0 spiro atoms. The Morgan fingerprint density at radius 1 is 1.09 bits per heavy atom. The summed E-state index contributed by atoms with van der Waals surface area (Å²) in [6.07, 6.45) is 6.91. The van der Waals surface area contributed by atoms with Crippen LogP contribution < -0.4 is 5.32 Å². The highest BCUT2D eigenvalue weighted by molar-refractivity contribution is 6.31. The SMILES string of the molecule is O=C1Nc2cc(Cl)ccc2C1CCCC=Cc1cccc(Cl)c1. The number of amides is 1. The van der Waals surface area contributed by atoms with Gasteiger partial charge < -0.3 is 5.32 Å². The number of hydrogen-bond acceptors (Lipinski definition) is 1. The molecule has 1 atom stereocenters. The summed E-state index contributed by atoms with van der Waals surface area (Å²) in [4.78, 5) is 12.1. The molecule has 0 saturated carbocycles. The Morgan fingerprint density at radius 3 is 2.74 bits per heavy atom. The van der Waals surface area contributed by atoms with Gasteiger partial charge in [0.2, 0.25) is 5.91 Å². The van der Waals surface area contributed by atoms with E-state index in [4.69, 9.17) is 23.2 Å². The summed E-state index contributed by atoms with van der Waals surface area (Å²) in [6, 6.07) is 13.4. The van der Waals surface area contributed by atoms with Gasteiger partial charge in [0.05, 0.1) is 5.92 Å². The van der Waals surface area contributed by atoms with Gasteiger partial charge in [-0.1, -0.05) is 53.6 Å². The molecule has 0 radical (unpaired) electrons. The van der Waals surface area contributed by atoms with Crippen molar-refractivity contribution >= 4 is 40.9 Å². The number of rotatable bonds is 5. The lowest BCUT2D eigenvalue weighted by molar-refractivity contribution is -0.117. The van der Waals surface area contributed by atoms with E-state index in [1.807, 2.05) is 42.5 Å². The maximum Gasteiger partial charge on any atom is 0.232 e. The second-order valence-corrected chi connectivity index (χ2v) is 6.53. The predicted octanol–water partition coefficient (Wildman–Crippen LogP) is 5.91. The van der Waals surface area contributed by atoms with E-state index in [0.29, 0.717) is 5.02 Å². The molecule has 1 N–H and O–H groups in total. The van der Waals surface area contributed by atoms with Crippen LogP contribution in [-0.2, 0) is 4.79 Å². The van der Waals surface area contributed by atoms with Crippen molar-refractivity contribution in [1.82, 2.24) is 0 Å². The maximum atomic E-state index is 12.1. The molecule has 23 heavy (non-hydrogen) atoms. The predicted molar refractivity (Wildman–Crippen MR) is 97.2 cm³/mol. The molecule has 1 aliphatic rings. The molecule has 1 aliphatic heterocycles. The van der Waals surface area contributed by atoms with E-state index in [1.54, 1.807) is 0 Å². The second-order valence-electron chi connectivity index (χ2n) is 5.66. The van der Waals surface area contributed by atoms with Crippen molar-refractivity contribution in [3.8, 4) is 0 Å². The van der Waals surface area contributed by atoms with Crippen LogP contribution in [0.25, 0.3) is 6.08 Å². The highest BCUT2D eigenvalue weighted by Crippen LogP contribution is 2.37. The summed E-state index contributed by atoms with van der Waals surface area (Å²) in [5.74, 6) is 0.00271. The smallest absolute Gasteiger partial charge is 0.232 e. The quantitative estimate of drug-likeness (QED) is 0.670. The molecule has 2 nitrogen and oxygen atoms in total. The first-order chi connectivity index (χ1) is 11.1. The number of carbonyl (C=O) groups is 1. The zero-order chi connectivity index (χ0) is 16.2. The summed E-state index contributed by atoms with van der Waals surface area (Å²) in [5.41, 5.74) is 3.00. The average Bonchev–Trinajstić information content (AvgIpc) is 2.82. The van der Waals surface area contributed by atoms with Gasteiger partial charge in [-0.15, -0.1) is 0 Å². The van der Waals surface area contributed by atoms with E-state index in [9.17, 15) is 4.79 Å². The van der Waals surface area contributed by atoms with Crippen molar-refractivity contribution in [3.63, 3.8) is 0 Å². The van der Waals surface area contributed by atoms with Crippen LogP contribution in [0.3, 0.4) is 0 Å². The highest BCUT2D eigenvalue weighted by Gasteiger charge is 2.29. The Balaban J connectivity index is 1.54. The number of anilines is 1. The first-order valence-electron chi connectivity index (χ1n) is 7.66. The number of unbranched alkanes of at least 4 members (excludes halogenated alkanes) is 1. The fourth-order valence-electron chi connectivity index (χ4n) is 2.86. The zero-order valence-corrected chi connectivity index (χ0v) is 14.1. The van der Waals surface area contributed by atoms with Gasteiger partial charge in [-0.2, -0.15) is 0 Å². The fraction of sp³-hybridized carbons (Fsp3) is 0.211. The average molecular weight is 346 g/mol. The first kappa shape index (κ1) is 16.1. The monoisotopic (exact) mass is 345 g/mol. The van der Waals surface area contributed by atoms with E-state index in [1.165, 1.54) is 0 Å². The van der Waals surface area contributed by atoms with Crippen molar-refractivity contribution in [1.29, 1.82) is 0 Å². The molecule has 0 aromatic heterocycles. The number of hydrogen-bond donors (Lipinski definition) is 1. The Kier molecular flexibility index (Phi) is 5.04. The molecular formula is C19H17Cl2NO. The number of carbonyl (C=O) groups excluding carboxylic acids is 1. The Bertz CT molecular complexity index is 755. The van der Waals surface area contributed by atoms with Crippen LogP contribution in [-0.4, -0.2) is 5.91 Å². The minimum Gasteiger partial charge on any atom is -0.325 e. The molecule has 2 aromatic rings. The maximum absolute atomic E-state index is 12.1. The number of fused-ring (bicyclic) bond motifs is 1. The van der Waals surface area contributed by atoms with Crippen LogP contribution in [0.4, 0.5) is 5.69 Å². The second kappa shape index (κ2) is 7.20. The van der Waals surface area contributed by atoms with Crippen LogP contribution >= 0.6 is 23.2 Å². The van der Waals surface area contributed by atoms with Crippen molar-refractivity contribution in [3.05, 3.63) is 69.7 Å². The third-order valence-corrected chi connectivity index (χ3v) is 4.46. The van der Waals surface area contributed by atoms with E-state index in [-0.39, 0.29) is 11.8 Å². The zero-order valence-electron chi connectivity index (χ0n) is 12.6. The Labute approximate surface area is 146 Å². The topological polar surface area (TPSA) is 29.1 Å². The molecule has 0 aliphatic carbocycles. The minimum atomic E-state index is -0.0677. The summed E-state index contributed by atoms with van der Waals surface area (Å²) in [7, 11) is 0. The number of benzene rings is 2. The van der Waals surface area contributed by atoms with Crippen molar-refractivity contribution in [2.75, 3.05) is 5.32 Å². The van der Waals surface area contributed by atoms with Crippen LogP contribution in [0.2, 0.25) is 10.0 Å². The standard InChI is InChI=1S/C19H17Cl2NO/c20-14-7-4-6-13(11-14)5-2-1-3-8-17-16-10-9-15(21)12-18(16)22-19(17)23/h2,4-7,9-12,17H,1,3,8H2,(H,22,23). The summed E-state index contributed by atoms with van der Waals surface area (Å²) in [5, 5.41) is 4.29. The first-order valence-corrected chi connectivity index (χ1v) is 8.41. The van der Waals surface area contributed by atoms with E-state index >= 15 is 0 Å². The third-order valence-electron chi connectivity index (χ3n) is 3.99. The molecule has 1 heterocycles. The van der Waals surface area contributed by atoms with Crippen molar-refractivity contribution < 1.29 is 4.79 Å². The molecular weight excluding hydrogens is 329 g/mol. The Hall–Kier alpha value is -1.77. The van der Waals surface area contributed by atoms with E-state index in [2.05, 4.69) is 17.5 Å². The summed E-state index contributed by atoms with van der Waals surface area (Å²) >= 11 is 11.9. The Morgan fingerprint density at radius 2 is 1.91 bits per heavy atom. The normalized spacial score (nSPS) is 16.6. The lowest BCUT2D eigenvalue weighted by Crippen LogP contribution is -2.11. The highest BCUT2D eigenvalue weighted by atomic mass is 35.5. The molecule has 0 fully saturated rings. The molecule has 3 rings (SSSR count). The van der Waals surface area contributed by atoms with Gasteiger partial charge in [-0.3, -0.25) is 4.79 Å². The van der Waals surface area contributed by atoms with Crippen LogP contribution in [0.15, 0.2) is 48.5 Å². The molecule has 0 saturated heterocycles. The molecule has 1 unspecified atom stereocenters. The van der Waals surface area contributed by atoms with Gasteiger partial charge in [-0.05, 0) is 54.7 Å². The van der Waals surface area contributed by atoms with Gasteiger partial charge in [0.15, 0.2) is 0 Å². The molecule has 4 heteroatoms.